The van der Waals surface area contributed by atoms with Crippen LogP contribution < -0.4 is 20.4 Å². The Kier molecular flexibility index (Phi) is 9.12. The summed E-state index contributed by atoms with van der Waals surface area (Å²) >= 11 is 0. The molecule has 0 saturated carbocycles. The quantitative estimate of drug-likeness (QED) is 0.147. The Morgan fingerprint density at radius 2 is 1.66 bits per heavy atom. The van der Waals surface area contributed by atoms with Crippen LogP contribution in [0.5, 0.6) is 11.5 Å². The van der Waals surface area contributed by atoms with Crippen LogP contribution in [0.1, 0.15) is 49.9 Å². The van der Waals surface area contributed by atoms with Gasteiger partial charge in [-0.1, -0.05) is 49.4 Å². The molecule has 0 radical (unpaired) electrons. The van der Waals surface area contributed by atoms with Crippen LogP contribution >= 0.6 is 0 Å². The first-order valence-electron chi connectivity index (χ1n) is 13.5. The van der Waals surface area contributed by atoms with Gasteiger partial charge in [0.05, 0.1) is 0 Å². The molecule has 4 rings (SSSR count). The minimum Gasteiger partial charge on any atom is -0.489 e. The number of hydrogen-bond acceptors (Lipinski definition) is 7. The van der Waals surface area contributed by atoms with Crippen LogP contribution in [0.3, 0.4) is 0 Å². The number of rotatable bonds is 9. The van der Waals surface area contributed by atoms with Crippen molar-refractivity contribution in [2.75, 3.05) is 0 Å². The van der Waals surface area contributed by atoms with Crippen LogP contribution in [-0.2, 0) is 29.0 Å². The van der Waals surface area contributed by atoms with E-state index in [1.165, 1.54) is 6.07 Å². The molecule has 1 atom stereocenters. The summed E-state index contributed by atoms with van der Waals surface area (Å²) < 4.78 is 22.4. The van der Waals surface area contributed by atoms with E-state index in [2.05, 4.69) is 5.32 Å². The highest BCUT2D eigenvalue weighted by atomic mass is 16.6. The second-order valence-corrected chi connectivity index (χ2v) is 10.8. The van der Waals surface area contributed by atoms with Gasteiger partial charge in [-0.15, -0.1) is 0 Å². The molecule has 0 spiro atoms. The van der Waals surface area contributed by atoms with Crippen LogP contribution in [0.2, 0.25) is 0 Å². The molecule has 0 aliphatic carbocycles. The van der Waals surface area contributed by atoms with Crippen molar-refractivity contribution in [1.82, 2.24) is 5.32 Å². The molecule has 0 aliphatic heterocycles. The lowest BCUT2D eigenvalue weighted by Crippen LogP contribution is -2.46. The zero-order valence-electron chi connectivity index (χ0n) is 24.0. The van der Waals surface area contributed by atoms with E-state index in [0.29, 0.717) is 24.4 Å². The fourth-order valence-corrected chi connectivity index (χ4v) is 4.28. The second-order valence-electron chi connectivity index (χ2n) is 10.8. The first-order valence-corrected chi connectivity index (χ1v) is 13.5. The number of carbonyl (C=O) groups is 2. The largest absolute Gasteiger partial charge is 0.489 e. The van der Waals surface area contributed by atoms with E-state index in [1.807, 2.05) is 74.5 Å². The van der Waals surface area contributed by atoms with Crippen molar-refractivity contribution in [3.63, 3.8) is 0 Å². The smallest absolute Gasteiger partial charge is 0.408 e. The topological polar surface area (TPSA) is 104 Å². The lowest BCUT2D eigenvalue weighted by molar-refractivity contribution is -0.136. The maximum atomic E-state index is 13.5. The second kappa shape index (κ2) is 12.7. The van der Waals surface area contributed by atoms with Crippen molar-refractivity contribution in [1.29, 1.82) is 0 Å². The van der Waals surface area contributed by atoms with E-state index in [-0.39, 0.29) is 12.2 Å². The average Bonchev–Trinajstić information content (AvgIpc) is 2.91. The summed E-state index contributed by atoms with van der Waals surface area (Å²) in [4.78, 5) is 38.1. The van der Waals surface area contributed by atoms with Crippen molar-refractivity contribution in [2.45, 2.75) is 65.7 Å². The highest BCUT2D eigenvalue weighted by Crippen LogP contribution is 2.28. The number of alkyl carbamates (subject to hydrolysis) is 1. The third-order valence-electron chi connectivity index (χ3n) is 6.31. The number of ether oxygens (including phenoxy) is 3. The van der Waals surface area contributed by atoms with E-state index >= 15 is 0 Å². The summed E-state index contributed by atoms with van der Waals surface area (Å²) in [5, 5.41) is 3.42. The van der Waals surface area contributed by atoms with Gasteiger partial charge in [0.2, 0.25) is 0 Å². The van der Waals surface area contributed by atoms with Crippen LogP contribution in [0.4, 0.5) is 4.79 Å². The Balaban J connectivity index is 1.54. The van der Waals surface area contributed by atoms with Crippen molar-refractivity contribution in [3.8, 4) is 11.5 Å². The molecule has 1 unspecified atom stereocenters. The van der Waals surface area contributed by atoms with Crippen LogP contribution in [0.25, 0.3) is 11.0 Å². The van der Waals surface area contributed by atoms with Crippen LogP contribution in [0, 0.1) is 6.92 Å². The number of fused-ring (bicyclic) bond motifs is 1. The molecule has 1 aromatic heterocycles. The molecule has 0 aliphatic rings. The summed E-state index contributed by atoms with van der Waals surface area (Å²) in [6, 6.07) is 20.9. The minimum atomic E-state index is -1.05. The zero-order valence-corrected chi connectivity index (χ0v) is 24.0. The molecule has 1 amide bonds. The van der Waals surface area contributed by atoms with Crippen LogP contribution in [0.15, 0.2) is 82.0 Å². The average molecular weight is 558 g/mol. The molecule has 1 N–H and O–H groups in total. The van der Waals surface area contributed by atoms with Gasteiger partial charge >= 0.3 is 17.7 Å². The third kappa shape index (κ3) is 8.20. The Bertz CT molecular complexity index is 1570. The van der Waals surface area contributed by atoms with Crippen molar-refractivity contribution >= 4 is 23.0 Å². The highest BCUT2D eigenvalue weighted by molar-refractivity contribution is 5.86. The minimum absolute atomic E-state index is 0.153. The van der Waals surface area contributed by atoms with Gasteiger partial charge in [-0.2, -0.15) is 0 Å². The van der Waals surface area contributed by atoms with E-state index in [9.17, 15) is 14.4 Å². The number of hydrogen-bond donors (Lipinski definition) is 1. The van der Waals surface area contributed by atoms with E-state index in [1.54, 1.807) is 26.8 Å². The standard InChI is InChI=1S/C33H35NO7/c1-6-24-18-26-21(2)16-30(35)39-29(26)19-28(24)40-31(36)27(34-32(37)41-33(3,4)5)17-22-12-14-25(15-13-22)38-20-23-10-8-7-9-11-23/h7-16,18-19,27H,6,17,20H2,1-5H3,(H,34,37). The Hall–Kier alpha value is -4.59. The monoisotopic (exact) mass is 557 g/mol. The molecule has 3 aromatic carbocycles. The number of nitrogens with one attached hydrogen (secondary N) is 1. The SMILES string of the molecule is CCc1cc2c(C)cc(=O)oc2cc1OC(=O)C(Cc1ccc(OCc2ccccc2)cc1)NC(=O)OC(C)(C)C. The molecule has 41 heavy (non-hydrogen) atoms. The molecule has 8 heteroatoms. The third-order valence-corrected chi connectivity index (χ3v) is 6.31. The van der Waals surface area contributed by atoms with E-state index in [4.69, 9.17) is 18.6 Å². The molecule has 0 bridgehead atoms. The van der Waals surface area contributed by atoms with Crippen molar-refractivity contribution in [3.05, 3.63) is 105 Å². The Morgan fingerprint density at radius 3 is 2.32 bits per heavy atom. The van der Waals surface area contributed by atoms with Gasteiger partial charge in [-0.3, -0.25) is 0 Å². The van der Waals surface area contributed by atoms with Crippen molar-refractivity contribution in [2.24, 2.45) is 0 Å². The van der Waals surface area contributed by atoms with Crippen molar-refractivity contribution < 1.29 is 28.2 Å². The summed E-state index contributed by atoms with van der Waals surface area (Å²) in [6.07, 6.45) is -0.00969. The first-order chi connectivity index (χ1) is 19.5. The molecular formula is C33H35NO7. The number of carbonyl (C=O) groups excluding carboxylic acids is 2. The van der Waals surface area contributed by atoms with E-state index < -0.39 is 29.3 Å². The van der Waals surface area contributed by atoms with Gasteiger partial charge in [-0.05, 0) is 74.6 Å². The highest BCUT2D eigenvalue weighted by Gasteiger charge is 2.27. The number of amides is 1. The van der Waals surface area contributed by atoms with Gasteiger partial charge in [0.25, 0.3) is 0 Å². The molecule has 214 valence electrons. The summed E-state index contributed by atoms with van der Waals surface area (Å²) in [5.41, 5.74) is 2.44. The number of benzene rings is 3. The van der Waals surface area contributed by atoms with Gasteiger partial charge in [0, 0.05) is 23.9 Å². The summed E-state index contributed by atoms with van der Waals surface area (Å²) in [5.74, 6) is 0.265. The maximum absolute atomic E-state index is 13.5. The molecule has 0 fully saturated rings. The summed E-state index contributed by atoms with van der Waals surface area (Å²) in [6.45, 7) is 9.42. The lowest BCUT2D eigenvalue weighted by atomic mass is 10.0. The number of esters is 1. The predicted molar refractivity (Wildman–Crippen MR) is 156 cm³/mol. The Morgan fingerprint density at radius 1 is 0.951 bits per heavy atom. The molecule has 0 saturated heterocycles. The van der Waals surface area contributed by atoms with Crippen LogP contribution in [-0.4, -0.2) is 23.7 Å². The maximum Gasteiger partial charge on any atom is 0.408 e. The van der Waals surface area contributed by atoms with Gasteiger partial charge in [-0.25, -0.2) is 14.4 Å². The predicted octanol–water partition coefficient (Wildman–Crippen LogP) is 6.28. The normalized spacial score (nSPS) is 12.0. The Labute approximate surface area is 239 Å². The summed E-state index contributed by atoms with van der Waals surface area (Å²) in [7, 11) is 0. The van der Waals surface area contributed by atoms with E-state index in [0.717, 1.165) is 27.6 Å². The molecule has 8 nitrogen and oxygen atoms in total. The van der Waals surface area contributed by atoms with Gasteiger partial charge in [0.1, 0.15) is 35.3 Å². The van der Waals surface area contributed by atoms with Gasteiger partial charge < -0.3 is 23.9 Å². The first kappa shape index (κ1) is 29.4. The van der Waals surface area contributed by atoms with Gasteiger partial charge in [0.15, 0.2) is 0 Å². The molecule has 1 heterocycles. The molecular weight excluding hydrogens is 522 g/mol. The fraction of sp³-hybridized carbons (Fsp3) is 0.303. The lowest BCUT2D eigenvalue weighted by Gasteiger charge is -2.23. The molecule has 4 aromatic rings. The fourth-order valence-electron chi connectivity index (χ4n) is 4.28. The number of aryl methyl sites for hydroxylation is 2. The zero-order chi connectivity index (χ0) is 29.6.